The number of aryl methyl sites for hydroxylation is 1. The summed E-state index contributed by atoms with van der Waals surface area (Å²) in [5.74, 6) is -0.901. The van der Waals surface area contributed by atoms with Crippen LogP contribution in [-0.2, 0) is 4.74 Å². The van der Waals surface area contributed by atoms with Crippen molar-refractivity contribution < 1.29 is 14.1 Å². The Morgan fingerprint density at radius 2 is 2.33 bits per heavy atom. The summed E-state index contributed by atoms with van der Waals surface area (Å²) in [4.78, 5) is 29.7. The topological polar surface area (TPSA) is 98.1 Å². The Bertz CT molecular complexity index is 629. The van der Waals surface area contributed by atoms with Gasteiger partial charge in [0.1, 0.15) is 5.56 Å². The van der Waals surface area contributed by atoms with Gasteiger partial charge in [0.25, 0.3) is 11.7 Å². The van der Waals surface area contributed by atoms with Crippen molar-refractivity contribution in [3.8, 4) is 11.5 Å². The summed E-state index contributed by atoms with van der Waals surface area (Å²) in [6.07, 6.45) is 1.46. The van der Waals surface area contributed by atoms with Gasteiger partial charge in [0.2, 0.25) is 0 Å². The normalized spacial score (nSPS) is 10.3. The summed E-state index contributed by atoms with van der Waals surface area (Å²) >= 11 is 0. The Morgan fingerprint density at radius 1 is 1.56 bits per heavy atom. The molecule has 0 saturated heterocycles. The first-order valence-corrected chi connectivity index (χ1v) is 5.32. The van der Waals surface area contributed by atoms with E-state index in [1.54, 1.807) is 13.8 Å². The Hall–Kier alpha value is -2.44. The lowest BCUT2D eigenvalue weighted by Crippen LogP contribution is -2.07. The van der Waals surface area contributed by atoms with E-state index in [-0.39, 0.29) is 29.3 Å². The van der Waals surface area contributed by atoms with Gasteiger partial charge in [-0.3, -0.25) is 4.79 Å². The van der Waals surface area contributed by atoms with Gasteiger partial charge >= 0.3 is 5.97 Å². The number of carbonyl (C=O) groups excluding carboxylic acids is 1. The average molecular weight is 249 g/mol. The fraction of sp³-hybridized carbons (Fsp3) is 0.273. The molecule has 94 valence electrons. The number of hydrogen-bond acceptors (Lipinski definition) is 6. The first-order chi connectivity index (χ1) is 8.61. The lowest BCUT2D eigenvalue weighted by Gasteiger charge is -1.95. The zero-order valence-electron chi connectivity index (χ0n) is 9.89. The highest BCUT2D eigenvalue weighted by Gasteiger charge is 2.18. The smallest absolute Gasteiger partial charge is 0.379 e. The van der Waals surface area contributed by atoms with Crippen molar-refractivity contribution in [2.45, 2.75) is 13.8 Å². The third-order valence-electron chi connectivity index (χ3n) is 2.17. The number of rotatable bonds is 3. The Kier molecular flexibility index (Phi) is 3.22. The van der Waals surface area contributed by atoms with Crippen molar-refractivity contribution in [1.82, 2.24) is 15.1 Å². The van der Waals surface area contributed by atoms with Crippen LogP contribution in [0.2, 0.25) is 0 Å². The van der Waals surface area contributed by atoms with Gasteiger partial charge in [0.15, 0.2) is 5.43 Å². The lowest BCUT2D eigenvalue weighted by atomic mass is 10.2. The first-order valence-electron chi connectivity index (χ1n) is 5.32. The molecule has 1 N–H and O–H groups in total. The highest BCUT2D eigenvalue weighted by molar-refractivity contribution is 5.85. The molecule has 0 fully saturated rings. The molecule has 0 amide bonds. The SMILES string of the molecule is CCOC(=O)c1noc(-c2c[nH]c(C)cc2=O)n1. The molecule has 0 bridgehead atoms. The van der Waals surface area contributed by atoms with E-state index < -0.39 is 5.97 Å². The quantitative estimate of drug-likeness (QED) is 0.812. The standard InChI is InChI=1S/C11H11N3O4/c1-3-17-11(16)9-13-10(18-14-9)7-5-12-6(2)4-8(7)15/h4-5H,3H2,1-2H3,(H,12,15). The summed E-state index contributed by atoms with van der Waals surface area (Å²) in [6.45, 7) is 3.64. The summed E-state index contributed by atoms with van der Waals surface area (Å²) in [5.41, 5.74) is 0.669. The molecule has 0 unspecified atom stereocenters. The fourth-order valence-electron chi connectivity index (χ4n) is 1.35. The second kappa shape index (κ2) is 4.82. The van der Waals surface area contributed by atoms with Crippen LogP contribution in [0.3, 0.4) is 0 Å². The highest BCUT2D eigenvalue weighted by atomic mass is 16.5. The minimum Gasteiger partial charge on any atom is -0.460 e. The van der Waals surface area contributed by atoms with Gasteiger partial charge in [-0.1, -0.05) is 0 Å². The van der Waals surface area contributed by atoms with Gasteiger partial charge in [-0.25, -0.2) is 4.79 Å². The molecule has 2 aromatic heterocycles. The Morgan fingerprint density at radius 3 is 3.00 bits per heavy atom. The number of pyridine rings is 1. The lowest BCUT2D eigenvalue weighted by molar-refractivity contribution is 0.0508. The number of aromatic amines is 1. The summed E-state index contributed by atoms with van der Waals surface area (Å²) < 4.78 is 9.57. The van der Waals surface area contributed by atoms with Crippen molar-refractivity contribution >= 4 is 5.97 Å². The van der Waals surface area contributed by atoms with Crippen LogP contribution in [0.15, 0.2) is 21.6 Å². The molecule has 18 heavy (non-hydrogen) atoms. The molecule has 2 aromatic rings. The number of esters is 1. The number of nitrogens with one attached hydrogen (secondary N) is 1. The van der Waals surface area contributed by atoms with E-state index in [0.29, 0.717) is 5.69 Å². The third-order valence-corrected chi connectivity index (χ3v) is 2.17. The van der Waals surface area contributed by atoms with E-state index in [1.807, 2.05) is 0 Å². The van der Waals surface area contributed by atoms with Crippen molar-refractivity contribution in [1.29, 1.82) is 0 Å². The predicted molar refractivity (Wildman–Crippen MR) is 61.0 cm³/mol. The van der Waals surface area contributed by atoms with Crippen molar-refractivity contribution in [3.05, 3.63) is 34.0 Å². The van der Waals surface area contributed by atoms with Gasteiger partial charge in [0.05, 0.1) is 6.61 Å². The van der Waals surface area contributed by atoms with E-state index in [2.05, 4.69) is 15.1 Å². The molecule has 0 aliphatic carbocycles. The number of aromatic nitrogens is 3. The molecule has 2 rings (SSSR count). The molecule has 0 atom stereocenters. The van der Waals surface area contributed by atoms with Gasteiger partial charge in [0, 0.05) is 18.0 Å². The second-order valence-electron chi connectivity index (χ2n) is 3.54. The van der Waals surface area contributed by atoms with E-state index in [9.17, 15) is 9.59 Å². The van der Waals surface area contributed by atoms with Crippen LogP contribution in [0.5, 0.6) is 0 Å². The average Bonchev–Trinajstić information content (AvgIpc) is 2.78. The van der Waals surface area contributed by atoms with Crippen molar-refractivity contribution in [2.24, 2.45) is 0 Å². The van der Waals surface area contributed by atoms with Crippen molar-refractivity contribution in [3.63, 3.8) is 0 Å². The largest absolute Gasteiger partial charge is 0.460 e. The number of nitrogens with zero attached hydrogens (tertiary/aromatic N) is 2. The summed E-state index contributed by atoms with van der Waals surface area (Å²) in [5, 5.41) is 3.46. The minimum atomic E-state index is -0.684. The van der Waals surface area contributed by atoms with Crippen LogP contribution in [0.1, 0.15) is 23.2 Å². The zero-order chi connectivity index (χ0) is 13.1. The molecule has 0 radical (unpaired) electrons. The molecule has 0 spiro atoms. The van der Waals surface area contributed by atoms with Crippen LogP contribution < -0.4 is 5.43 Å². The third kappa shape index (κ3) is 2.29. The minimum absolute atomic E-state index is 0.0145. The van der Waals surface area contributed by atoms with Crippen LogP contribution in [0.25, 0.3) is 11.5 Å². The van der Waals surface area contributed by atoms with Gasteiger partial charge in [-0.05, 0) is 19.0 Å². The summed E-state index contributed by atoms with van der Waals surface area (Å²) in [7, 11) is 0. The van der Waals surface area contributed by atoms with Gasteiger partial charge in [-0.2, -0.15) is 4.98 Å². The van der Waals surface area contributed by atoms with E-state index in [0.717, 1.165) is 0 Å². The van der Waals surface area contributed by atoms with Crippen LogP contribution >= 0.6 is 0 Å². The summed E-state index contributed by atoms with van der Waals surface area (Å²) in [6, 6.07) is 1.41. The molecule has 0 saturated carbocycles. The maximum atomic E-state index is 11.7. The van der Waals surface area contributed by atoms with Gasteiger partial charge < -0.3 is 14.2 Å². The zero-order valence-corrected chi connectivity index (χ0v) is 9.89. The van der Waals surface area contributed by atoms with Crippen LogP contribution in [0.4, 0.5) is 0 Å². The molecule has 7 heteroatoms. The molecular weight excluding hydrogens is 238 g/mol. The molecule has 7 nitrogen and oxygen atoms in total. The monoisotopic (exact) mass is 249 g/mol. The Balaban J connectivity index is 2.35. The number of hydrogen-bond donors (Lipinski definition) is 1. The molecule has 2 heterocycles. The second-order valence-corrected chi connectivity index (χ2v) is 3.54. The first kappa shape index (κ1) is 12.0. The fourth-order valence-corrected chi connectivity index (χ4v) is 1.35. The maximum absolute atomic E-state index is 11.7. The molecule has 0 aliphatic heterocycles. The van der Waals surface area contributed by atoms with Crippen LogP contribution in [-0.4, -0.2) is 27.7 Å². The number of ether oxygens (including phenoxy) is 1. The Labute approximate surface area is 102 Å². The van der Waals surface area contributed by atoms with E-state index in [4.69, 9.17) is 9.26 Å². The van der Waals surface area contributed by atoms with E-state index in [1.165, 1.54) is 12.3 Å². The number of carbonyl (C=O) groups is 1. The molecule has 0 aliphatic rings. The van der Waals surface area contributed by atoms with Gasteiger partial charge in [-0.15, -0.1) is 0 Å². The molecular formula is C11H11N3O4. The highest BCUT2D eigenvalue weighted by Crippen LogP contribution is 2.12. The molecule has 0 aromatic carbocycles. The number of H-pyrrole nitrogens is 1. The van der Waals surface area contributed by atoms with Crippen molar-refractivity contribution in [2.75, 3.05) is 6.61 Å². The maximum Gasteiger partial charge on any atom is 0.379 e. The predicted octanol–water partition coefficient (Wildman–Crippen LogP) is 0.910. The van der Waals surface area contributed by atoms with E-state index >= 15 is 0 Å². The van der Waals surface area contributed by atoms with Crippen LogP contribution in [0, 0.1) is 6.92 Å².